The van der Waals surface area contributed by atoms with E-state index in [0.717, 1.165) is 33.4 Å². The van der Waals surface area contributed by atoms with Gasteiger partial charge in [-0.05, 0) is 43.2 Å². The van der Waals surface area contributed by atoms with Crippen LogP contribution in [0.1, 0.15) is 30.7 Å². The topological polar surface area (TPSA) is 112 Å². The van der Waals surface area contributed by atoms with E-state index in [1.54, 1.807) is 26.2 Å². The minimum absolute atomic E-state index is 0.0259. The Hall–Kier alpha value is -4.26. The van der Waals surface area contributed by atoms with Crippen molar-refractivity contribution in [3.05, 3.63) is 89.7 Å². The first-order valence-electron chi connectivity index (χ1n) is 10.5. The predicted octanol–water partition coefficient (Wildman–Crippen LogP) is 5.10. The first-order chi connectivity index (χ1) is 15.8. The lowest BCUT2D eigenvalue weighted by molar-refractivity contribution is -0.136. The fraction of sp³-hybridized carbons (Fsp3) is 0.154. The fourth-order valence-corrected chi connectivity index (χ4v) is 3.98. The van der Waals surface area contributed by atoms with Gasteiger partial charge in [0.1, 0.15) is 0 Å². The highest BCUT2D eigenvalue weighted by atomic mass is 16.4. The lowest BCUT2D eigenvalue weighted by Gasteiger charge is -2.09. The van der Waals surface area contributed by atoms with E-state index in [2.05, 4.69) is 9.55 Å². The van der Waals surface area contributed by atoms with Gasteiger partial charge in [0.05, 0.1) is 35.5 Å². The lowest BCUT2D eigenvalue weighted by atomic mass is 10.0. The molecule has 0 saturated carbocycles. The van der Waals surface area contributed by atoms with Crippen molar-refractivity contribution < 1.29 is 15.0 Å². The van der Waals surface area contributed by atoms with Crippen LogP contribution in [0.4, 0.5) is 0 Å². The van der Waals surface area contributed by atoms with Crippen LogP contribution >= 0.6 is 0 Å². The Balaban J connectivity index is 1.86. The van der Waals surface area contributed by atoms with Crippen LogP contribution in [-0.4, -0.2) is 36.4 Å². The number of carbonyl (C=O) groups is 1. The Morgan fingerprint density at radius 1 is 1.06 bits per heavy atom. The van der Waals surface area contributed by atoms with Gasteiger partial charge in [0.15, 0.2) is 0 Å². The molecule has 3 N–H and O–H groups in total. The molecule has 4 aromatic rings. The molecule has 166 valence electrons. The molecule has 0 aliphatic carbocycles. The molecule has 7 heteroatoms. The quantitative estimate of drug-likeness (QED) is 0.273. The summed E-state index contributed by atoms with van der Waals surface area (Å²) in [4.78, 5) is 20.1. The van der Waals surface area contributed by atoms with Crippen LogP contribution in [0.15, 0.2) is 72.9 Å². The molecular formula is C26H24N4O3. The largest absolute Gasteiger partial charge is 0.512 e. The van der Waals surface area contributed by atoms with Crippen molar-refractivity contribution in [1.29, 1.82) is 5.41 Å². The summed E-state index contributed by atoms with van der Waals surface area (Å²) in [5.74, 6) is -0.797. The van der Waals surface area contributed by atoms with Crippen molar-refractivity contribution in [2.45, 2.75) is 26.8 Å². The summed E-state index contributed by atoms with van der Waals surface area (Å²) < 4.78 is 2.05. The van der Waals surface area contributed by atoms with Crippen LogP contribution in [0.25, 0.3) is 27.7 Å². The smallest absolute Gasteiger partial charge is 0.307 e. The number of allylic oxidation sites excluding steroid dienone is 2. The van der Waals surface area contributed by atoms with Crippen LogP contribution in [0.5, 0.6) is 0 Å². The maximum atomic E-state index is 11.0. The van der Waals surface area contributed by atoms with Gasteiger partial charge in [-0.2, -0.15) is 0 Å². The SMILES string of the molecule is CC(=N)/C(=C(/C)O)c1cnc2c(-c3ccc(CC(=O)O)cc3)cn(Cc3ccccn3)c2c1. The third-order valence-electron chi connectivity index (χ3n) is 5.42. The third kappa shape index (κ3) is 4.67. The number of aliphatic hydroxyl groups is 1. The second-order valence-electron chi connectivity index (χ2n) is 7.94. The molecule has 0 aliphatic rings. The molecule has 0 fully saturated rings. The Kier molecular flexibility index (Phi) is 6.04. The van der Waals surface area contributed by atoms with E-state index in [1.165, 1.54) is 0 Å². The summed E-state index contributed by atoms with van der Waals surface area (Å²) >= 11 is 0. The number of aliphatic carboxylic acids is 1. The number of carboxylic acid groups (broad SMARTS) is 1. The number of hydrogen-bond donors (Lipinski definition) is 3. The Labute approximate surface area is 191 Å². The minimum atomic E-state index is -0.867. The molecule has 0 aliphatic heterocycles. The Morgan fingerprint density at radius 2 is 1.82 bits per heavy atom. The molecule has 33 heavy (non-hydrogen) atoms. The van der Waals surface area contributed by atoms with Crippen molar-refractivity contribution in [2.75, 3.05) is 0 Å². The number of fused-ring (bicyclic) bond motifs is 1. The first kappa shape index (κ1) is 22.0. The van der Waals surface area contributed by atoms with Crippen LogP contribution < -0.4 is 0 Å². The fourth-order valence-electron chi connectivity index (χ4n) is 3.98. The number of nitrogens with one attached hydrogen (secondary N) is 1. The number of aliphatic hydroxyl groups excluding tert-OH is 1. The van der Waals surface area contributed by atoms with Gasteiger partial charge in [0, 0.05) is 41.0 Å². The molecule has 0 bridgehead atoms. The van der Waals surface area contributed by atoms with E-state index in [4.69, 9.17) is 15.5 Å². The molecule has 3 aromatic heterocycles. The normalized spacial score (nSPS) is 11.9. The zero-order valence-electron chi connectivity index (χ0n) is 18.4. The van der Waals surface area contributed by atoms with Gasteiger partial charge in [0.2, 0.25) is 0 Å². The summed E-state index contributed by atoms with van der Waals surface area (Å²) in [5.41, 5.74) is 6.45. The average Bonchev–Trinajstić information content (AvgIpc) is 3.12. The number of aromatic nitrogens is 3. The van der Waals surface area contributed by atoms with Crippen LogP contribution in [0.2, 0.25) is 0 Å². The zero-order valence-corrected chi connectivity index (χ0v) is 18.4. The van der Waals surface area contributed by atoms with E-state index in [0.29, 0.717) is 17.7 Å². The molecule has 1 aromatic carbocycles. The molecule has 0 amide bonds. The van der Waals surface area contributed by atoms with Gasteiger partial charge in [-0.25, -0.2) is 0 Å². The third-order valence-corrected chi connectivity index (χ3v) is 5.42. The number of rotatable bonds is 7. The molecule has 0 unspecified atom stereocenters. The number of benzene rings is 1. The molecule has 4 rings (SSSR count). The highest BCUT2D eigenvalue weighted by molar-refractivity contribution is 6.22. The van der Waals surface area contributed by atoms with Crippen molar-refractivity contribution in [3.63, 3.8) is 0 Å². The molecule has 0 saturated heterocycles. The van der Waals surface area contributed by atoms with E-state index in [1.807, 2.05) is 54.7 Å². The number of nitrogens with zero attached hydrogens (tertiary/aromatic N) is 3. The molecule has 0 spiro atoms. The summed E-state index contributed by atoms with van der Waals surface area (Å²) in [6.07, 6.45) is 5.40. The molecule has 3 heterocycles. The number of carboxylic acids is 1. The van der Waals surface area contributed by atoms with E-state index in [-0.39, 0.29) is 17.9 Å². The van der Waals surface area contributed by atoms with Crippen molar-refractivity contribution in [3.8, 4) is 11.1 Å². The minimum Gasteiger partial charge on any atom is -0.512 e. The van der Waals surface area contributed by atoms with Crippen LogP contribution in [0.3, 0.4) is 0 Å². The van der Waals surface area contributed by atoms with Crippen LogP contribution in [-0.2, 0) is 17.8 Å². The predicted molar refractivity (Wildman–Crippen MR) is 128 cm³/mol. The van der Waals surface area contributed by atoms with E-state index in [9.17, 15) is 9.90 Å². The van der Waals surface area contributed by atoms with Crippen molar-refractivity contribution in [1.82, 2.24) is 14.5 Å². The lowest BCUT2D eigenvalue weighted by Crippen LogP contribution is -2.02. The molecular weight excluding hydrogens is 416 g/mol. The molecule has 0 radical (unpaired) electrons. The summed E-state index contributed by atoms with van der Waals surface area (Å²) in [5, 5.41) is 27.2. The molecule has 0 atom stereocenters. The van der Waals surface area contributed by atoms with Gasteiger partial charge in [-0.3, -0.25) is 14.8 Å². The first-order valence-corrected chi connectivity index (χ1v) is 10.5. The standard InChI is InChI=1S/C26H24N4O3/c1-16(27)25(17(2)31)20-12-23-26(29-13-20)22(15-30(23)14-21-5-3-4-10-28-21)19-8-6-18(7-9-19)11-24(32)33/h3-10,12-13,15,27,31H,11,14H2,1-2H3,(H,32,33)/b25-17+,27-16?. The number of hydrogen-bond acceptors (Lipinski definition) is 5. The number of pyridine rings is 2. The second kappa shape index (κ2) is 9.08. The van der Waals surface area contributed by atoms with Gasteiger partial charge in [0.25, 0.3) is 0 Å². The van der Waals surface area contributed by atoms with E-state index < -0.39 is 5.97 Å². The maximum absolute atomic E-state index is 11.0. The average molecular weight is 441 g/mol. The summed E-state index contributed by atoms with van der Waals surface area (Å²) in [6, 6.07) is 15.1. The second-order valence-corrected chi connectivity index (χ2v) is 7.94. The highest BCUT2D eigenvalue weighted by Gasteiger charge is 2.16. The zero-order chi connectivity index (χ0) is 23.5. The van der Waals surface area contributed by atoms with E-state index >= 15 is 0 Å². The summed E-state index contributed by atoms with van der Waals surface area (Å²) in [6.45, 7) is 3.73. The monoisotopic (exact) mass is 440 g/mol. The Morgan fingerprint density at radius 3 is 2.42 bits per heavy atom. The maximum Gasteiger partial charge on any atom is 0.307 e. The van der Waals surface area contributed by atoms with Gasteiger partial charge in [-0.1, -0.05) is 30.3 Å². The highest BCUT2D eigenvalue weighted by Crippen LogP contribution is 2.32. The van der Waals surface area contributed by atoms with Gasteiger partial charge < -0.3 is 20.2 Å². The van der Waals surface area contributed by atoms with Gasteiger partial charge >= 0.3 is 5.97 Å². The van der Waals surface area contributed by atoms with Crippen molar-refractivity contribution in [2.24, 2.45) is 0 Å². The van der Waals surface area contributed by atoms with Crippen molar-refractivity contribution >= 4 is 28.3 Å². The van der Waals surface area contributed by atoms with Crippen LogP contribution in [0, 0.1) is 5.41 Å². The summed E-state index contributed by atoms with van der Waals surface area (Å²) in [7, 11) is 0. The Bertz CT molecular complexity index is 1370. The molecule has 7 nitrogen and oxygen atoms in total. The van der Waals surface area contributed by atoms with Gasteiger partial charge in [-0.15, -0.1) is 0 Å².